The lowest BCUT2D eigenvalue weighted by Crippen LogP contribution is -2.34. The first-order valence-electron chi connectivity index (χ1n) is 14.2. The maximum absolute atomic E-state index is 13.1. The standard InChI is InChI=1S/C31H36N2O6S/c1-18(2)16-40(37,38)32-29(34)20-9-11-23-26(13-20)33-17-31(30(35)36)15-25(31)24-14-21(39-3)10-12-22(24)28(33)27(23)19-7-5-4-6-8-19/h9-14,18-19,25H,4-8,15-17H2,1-3H3,(H,32,34)(H,35,36). The van der Waals surface area contributed by atoms with Crippen LogP contribution in [0.1, 0.15) is 85.7 Å². The predicted octanol–water partition coefficient (Wildman–Crippen LogP) is 5.65. The van der Waals surface area contributed by atoms with Gasteiger partial charge in [0.25, 0.3) is 5.91 Å². The molecule has 9 heteroatoms. The number of aliphatic carboxylic acids is 1. The number of nitrogens with zero attached hydrogens (tertiary/aromatic N) is 1. The van der Waals surface area contributed by atoms with Crippen LogP contribution in [-0.4, -0.2) is 42.8 Å². The van der Waals surface area contributed by atoms with E-state index in [1.807, 2.05) is 24.3 Å². The highest BCUT2D eigenvalue weighted by atomic mass is 32.2. The van der Waals surface area contributed by atoms with Crippen LogP contribution >= 0.6 is 0 Å². The molecule has 8 nitrogen and oxygen atoms in total. The summed E-state index contributed by atoms with van der Waals surface area (Å²) in [6.45, 7) is 3.86. The van der Waals surface area contributed by atoms with Gasteiger partial charge < -0.3 is 14.4 Å². The number of nitrogens with one attached hydrogen (secondary N) is 1. The summed E-state index contributed by atoms with van der Waals surface area (Å²) in [5.41, 5.74) is 4.33. The number of hydrogen-bond donors (Lipinski definition) is 2. The number of fused-ring (bicyclic) bond motifs is 7. The number of ether oxygens (including phenoxy) is 1. The zero-order valence-corrected chi connectivity index (χ0v) is 24.0. The molecule has 212 valence electrons. The first kappa shape index (κ1) is 26.9. The molecule has 2 aliphatic carbocycles. The fourth-order valence-electron chi connectivity index (χ4n) is 7.10. The Kier molecular flexibility index (Phi) is 6.48. The molecule has 2 aromatic carbocycles. The van der Waals surface area contributed by atoms with Crippen molar-refractivity contribution in [2.45, 2.75) is 70.8 Å². The molecule has 40 heavy (non-hydrogen) atoms. The summed E-state index contributed by atoms with van der Waals surface area (Å²) in [7, 11) is -2.16. The molecule has 2 unspecified atom stereocenters. The van der Waals surface area contributed by atoms with Gasteiger partial charge in [-0.05, 0) is 72.6 Å². The molecular weight excluding hydrogens is 528 g/mol. The molecule has 2 fully saturated rings. The van der Waals surface area contributed by atoms with Crippen molar-refractivity contribution in [3.63, 3.8) is 0 Å². The Hall–Kier alpha value is -3.33. The van der Waals surface area contributed by atoms with Gasteiger partial charge in [-0.15, -0.1) is 0 Å². The number of carboxylic acids is 1. The fraction of sp³-hybridized carbons (Fsp3) is 0.484. The van der Waals surface area contributed by atoms with Crippen LogP contribution in [0.2, 0.25) is 0 Å². The number of rotatable bonds is 7. The minimum Gasteiger partial charge on any atom is -0.497 e. The number of benzene rings is 2. The maximum Gasteiger partial charge on any atom is 0.312 e. The van der Waals surface area contributed by atoms with Gasteiger partial charge in [0.1, 0.15) is 5.75 Å². The van der Waals surface area contributed by atoms with Crippen LogP contribution in [0.15, 0.2) is 36.4 Å². The maximum atomic E-state index is 13.1. The van der Waals surface area contributed by atoms with E-state index in [0.29, 0.717) is 24.6 Å². The molecule has 1 amide bonds. The zero-order valence-electron chi connectivity index (χ0n) is 23.2. The van der Waals surface area contributed by atoms with E-state index < -0.39 is 27.3 Å². The molecule has 2 saturated carbocycles. The first-order valence-corrected chi connectivity index (χ1v) is 15.8. The molecule has 2 N–H and O–H groups in total. The summed E-state index contributed by atoms with van der Waals surface area (Å²) in [6, 6.07) is 11.3. The minimum absolute atomic E-state index is 0.121. The van der Waals surface area contributed by atoms with Crippen molar-refractivity contribution in [3.8, 4) is 17.0 Å². The summed E-state index contributed by atoms with van der Waals surface area (Å²) in [5.74, 6) is -0.862. The van der Waals surface area contributed by atoms with Crippen molar-refractivity contribution in [2.24, 2.45) is 11.3 Å². The van der Waals surface area contributed by atoms with Gasteiger partial charge in [0, 0.05) is 34.5 Å². The van der Waals surface area contributed by atoms with E-state index in [1.54, 1.807) is 33.1 Å². The van der Waals surface area contributed by atoms with Gasteiger partial charge in [-0.1, -0.05) is 39.2 Å². The van der Waals surface area contributed by atoms with Crippen LogP contribution in [0.5, 0.6) is 5.75 Å². The van der Waals surface area contributed by atoms with Gasteiger partial charge in [0.2, 0.25) is 10.0 Å². The van der Waals surface area contributed by atoms with Gasteiger partial charge in [-0.2, -0.15) is 0 Å². The van der Waals surface area contributed by atoms with Gasteiger partial charge in [0.15, 0.2) is 0 Å². The van der Waals surface area contributed by atoms with E-state index in [-0.39, 0.29) is 23.2 Å². The highest BCUT2D eigenvalue weighted by molar-refractivity contribution is 7.90. The molecule has 3 aliphatic rings. The number of sulfonamides is 1. The predicted molar refractivity (Wildman–Crippen MR) is 153 cm³/mol. The van der Waals surface area contributed by atoms with Crippen molar-refractivity contribution < 1.29 is 27.9 Å². The quantitative estimate of drug-likeness (QED) is 0.383. The SMILES string of the molecule is COc1ccc2c(c1)C1CC1(C(=O)O)Cn1c-2c(C2CCCCC2)c2ccc(C(=O)NS(=O)(=O)CC(C)C)cc21. The Bertz CT molecular complexity index is 1630. The van der Waals surface area contributed by atoms with E-state index in [1.165, 1.54) is 12.0 Å². The van der Waals surface area contributed by atoms with E-state index in [9.17, 15) is 23.1 Å². The average Bonchev–Trinajstić information content (AvgIpc) is 3.58. The minimum atomic E-state index is -3.78. The lowest BCUT2D eigenvalue weighted by molar-refractivity contribution is -0.144. The fourth-order valence-corrected chi connectivity index (χ4v) is 8.46. The van der Waals surface area contributed by atoms with Gasteiger partial charge in [-0.3, -0.25) is 9.59 Å². The number of carboxylic acid groups (broad SMARTS) is 1. The molecule has 3 aromatic rings. The van der Waals surface area contributed by atoms with E-state index in [0.717, 1.165) is 53.4 Å². The number of methoxy groups -OCH3 is 1. The van der Waals surface area contributed by atoms with Crippen molar-refractivity contribution in [2.75, 3.05) is 12.9 Å². The molecular formula is C31H36N2O6S. The third-order valence-electron chi connectivity index (χ3n) is 9.01. The Morgan fingerprint density at radius 2 is 1.88 bits per heavy atom. The summed E-state index contributed by atoms with van der Waals surface area (Å²) >= 11 is 0. The summed E-state index contributed by atoms with van der Waals surface area (Å²) in [5, 5.41) is 11.4. The topological polar surface area (TPSA) is 115 Å². The summed E-state index contributed by atoms with van der Waals surface area (Å²) in [6.07, 6.45) is 6.14. The highest BCUT2D eigenvalue weighted by Crippen LogP contribution is 2.65. The van der Waals surface area contributed by atoms with Crippen molar-refractivity contribution in [1.29, 1.82) is 0 Å². The van der Waals surface area contributed by atoms with Crippen molar-refractivity contribution >= 4 is 32.8 Å². The second kappa shape index (κ2) is 9.65. The largest absolute Gasteiger partial charge is 0.497 e. The van der Waals surface area contributed by atoms with E-state index >= 15 is 0 Å². The van der Waals surface area contributed by atoms with Crippen LogP contribution < -0.4 is 9.46 Å². The molecule has 2 heterocycles. The highest BCUT2D eigenvalue weighted by Gasteiger charge is 2.63. The first-order chi connectivity index (χ1) is 19.0. The number of carbonyl (C=O) groups excluding carboxylic acids is 1. The number of aromatic nitrogens is 1. The lowest BCUT2D eigenvalue weighted by atomic mass is 9.81. The van der Waals surface area contributed by atoms with Crippen LogP contribution in [0.3, 0.4) is 0 Å². The summed E-state index contributed by atoms with van der Waals surface area (Å²) < 4.78 is 34.9. The van der Waals surface area contributed by atoms with Gasteiger partial charge in [0.05, 0.1) is 24.0 Å². The van der Waals surface area contributed by atoms with E-state index in [4.69, 9.17) is 4.74 Å². The number of hydrogen-bond acceptors (Lipinski definition) is 5. The molecule has 2 atom stereocenters. The van der Waals surface area contributed by atoms with Crippen LogP contribution in [0.25, 0.3) is 22.2 Å². The zero-order chi connectivity index (χ0) is 28.4. The third kappa shape index (κ3) is 4.39. The Morgan fingerprint density at radius 3 is 2.55 bits per heavy atom. The lowest BCUT2D eigenvalue weighted by Gasteiger charge is -2.24. The Labute approximate surface area is 234 Å². The molecule has 0 radical (unpaired) electrons. The van der Waals surface area contributed by atoms with Crippen LogP contribution in [0.4, 0.5) is 0 Å². The second-order valence-electron chi connectivity index (χ2n) is 12.2. The smallest absolute Gasteiger partial charge is 0.312 e. The summed E-state index contributed by atoms with van der Waals surface area (Å²) in [4.78, 5) is 25.9. The van der Waals surface area contributed by atoms with Crippen molar-refractivity contribution in [3.05, 3.63) is 53.1 Å². The van der Waals surface area contributed by atoms with Crippen molar-refractivity contribution in [1.82, 2.24) is 9.29 Å². The Balaban J connectivity index is 1.57. The molecule has 0 spiro atoms. The van der Waals surface area contributed by atoms with Crippen LogP contribution in [-0.2, 0) is 21.4 Å². The van der Waals surface area contributed by atoms with Gasteiger partial charge in [-0.25, -0.2) is 13.1 Å². The molecule has 0 saturated heterocycles. The third-order valence-corrected chi connectivity index (χ3v) is 10.6. The van der Waals surface area contributed by atoms with E-state index in [2.05, 4.69) is 9.29 Å². The normalized spacial score (nSPS) is 22.2. The second-order valence-corrected chi connectivity index (χ2v) is 14.0. The van der Waals surface area contributed by atoms with Crippen LogP contribution in [0, 0.1) is 11.3 Å². The number of amides is 1. The molecule has 1 aliphatic heterocycles. The molecule has 0 bridgehead atoms. The van der Waals surface area contributed by atoms with Gasteiger partial charge >= 0.3 is 5.97 Å². The molecule has 6 rings (SSSR count). The average molecular weight is 565 g/mol. The monoisotopic (exact) mass is 564 g/mol. The number of carbonyl (C=O) groups is 2. The molecule has 1 aromatic heterocycles. The Morgan fingerprint density at radius 1 is 1.12 bits per heavy atom.